The zero-order valence-corrected chi connectivity index (χ0v) is 12.7. The fraction of sp³-hybridized carbons (Fsp3) is 0.188. The van der Waals surface area contributed by atoms with Gasteiger partial charge in [0.1, 0.15) is 11.5 Å². The van der Waals surface area contributed by atoms with E-state index in [-0.39, 0.29) is 6.03 Å². The Hall–Kier alpha value is -2.47. The van der Waals surface area contributed by atoms with Gasteiger partial charge in [0.2, 0.25) is 0 Å². The Kier molecular flexibility index (Phi) is 4.60. The summed E-state index contributed by atoms with van der Waals surface area (Å²) in [5, 5.41) is 4.87. The van der Waals surface area contributed by atoms with Gasteiger partial charge in [0.25, 0.3) is 0 Å². The van der Waals surface area contributed by atoms with Crippen molar-refractivity contribution in [2.75, 3.05) is 0 Å². The second-order valence-electron chi connectivity index (χ2n) is 4.75. The summed E-state index contributed by atoms with van der Waals surface area (Å²) in [5.41, 5.74) is 0. The number of urea groups is 1. The molecule has 3 heterocycles. The average molecular weight is 316 g/mol. The lowest BCUT2D eigenvalue weighted by Crippen LogP contribution is -2.38. The van der Waals surface area contributed by atoms with Crippen molar-refractivity contribution in [3.63, 3.8) is 0 Å². The van der Waals surface area contributed by atoms with E-state index in [1.54, 1.807) is 34.8 Å². The molecule has 0 saturated carbocycles. The van der Waals surface area contributed by atoms with E-state index in [1.165, 1.54) is 0 Å². The maximum absolute atomic E-state index is 12.4. The zero-order valence-electron chi connectivity index (χ0n) is 11.9. The molecule has 0 radical (unpaired) electrons. The van der Waals surface area contributed by atoms with Crippen molar-refractivity contribution in [1.29, 1.82) is 0 Å². The molecule has 3 aromatic heterocycles. The standard InChI is InChI=1S/C16H16N2O3S/c19-16(17-10-13-4-1-7-20-13)18(11-14-5-2-8-21-14)12-15-6-3-9-22-15/h1-9H,10-12H2,(H,17,19). The minimum atomic E-state index is -0.152. The van der Waals surface area contributed by atoms with Crippen LogP contribution in [0.2, 0.25) is 0 Å². The number of amides is 2. The first-order chi connectivity index (χ1) is 10.8. The van der Waals surface area contributed by atoms with Crippen LogP contribution in [0.15, 0.2) is 63.1 Å². The van der Waals surface area contributed by atoms with Crippen LogP contribution in [0.3, 0.4) is 0 Å². The van der Waals surface area contributed by atoms with E-state index >= 15 is 0 Å². The van der Waals surface area contributed by atoms with Gasteiger partial charge >= 0.3 is 6.03 Å². The van der Waals surface area contributed by atoms with Crippen LogP contribution in [0, 0.1) is 0 Å². The normalized spacial score (nSPS) is 10.5. The van der Waals surface area contributed by atoms with Crippen molar-refractivity contribution in [2.45, 2.75) is 19.6 Å². The maximum Gasteiger partial charge on any atom is 0.318 e. The molecule has 0 saturated heterocycles. The van der Waals surface area contributed by atoms with Crippen molar-refractivity contribution < 1.29 is 13.6 Å². The van der Waals surface area contributed by atoms with Crippen LogP contribution >= 0.6 is 11.3 Å². The third-order valence-electron chi connectivity index (χ3n) is 3.13. The summed E-state index contributed by atoms with van der Waals surface area (Å²) in [7, 11) is 0. The number of furan rings is 2. The van der Waals surface area contributed by atoms with E-state index in [1.807, 2.05) is 35.7 Å². The van der Waals surface area contributed by atoms with Crippen LogP contribution in [0.4, 0.5) is 4.79 Å². The van der Waals surface area contributed by atoms with E-state index < -0.39 is 0 Å². The van der Waals surface area contributed by atoms with Crippen molar-refractivity contribution in [3.8, 4) is 0 Å². The van der Waals surface area contributed by atoms with Crippen LogP contribution < -0.4 is 5.32 Å². The molecule has 0 aliphatic rings. The van der Waals surface area contributed by atoms with E-state index in [0.717, 1.165) is 16.4 Å². The van der Waals surface area contributed by atoms with Crippen molar-refractivity contribution in [2.24, 2.45) is 0 Å². The molecule has 1 N–H and O–H groups in total. The molecule has 114 valence electrons. The molecule has 2 amide bonds. The summed E-state index contributed by atoms with van der Waals surface area (Å²) in [6.45, 7) is 1.34. The van der Waals surface area contributed by atoms with Gasteiger partial charge in [-0.05, 0) is 35.7 Å². The summed E-state index contributed by atoms with van der Waals surface area (Å²) >= 11 is 1.63. The lowest BCUT2D eigenvalue weighted by Gasteiger charge is -2.21. The zero-order chi connectivity index (χ0) is 15.2. The molecule has 0 bridgehead atoms. The van der Waals surface area contributed by atoms with Crippen LogP contribution in [0.1, 0.15) is 16.4 Å². The molecule has 22 heavy (non-hydrogen) atoms. The van der Waals surface area contributed by atoms with Gasteiger partial charge in [-0.2, -0.15) is 0 Å². The average Bonchev–Trinajstić information content (AvgIpc) is 3.27. The Bertz CT molecular complexity index is 639. The largest absolute Gasteiger partial charge is 0.467 e. The third-order valence-corrected chi connectivity index (χ3v) is 4.00. The quantitative estimate of drug-likeness (QED) is 0.751. The lowest BCUT2D eigenvalue weighted by atomic mass is 10.3. The van der Waals surface area contributed by atoms with E-state index in [2.05, 4.69) is 5.32 Å². The van der Waals surface area contributed by atoms with E-state index in [0.29, 0.717) is 19.6 Å². The maximum atomic E-state index is 12.4. The Morgan fingerprint density at radius 1 is 1.05 bits per heavy atom. The Morgan fingerprint density at radius 2 is 1.82 bits per heavy atom. The molecule has 0 unspecified atom stereocenters. The van der Waals surface area contributed by atoms with Gasteiger partial charge in [0.15, 0.2) is 0 Å². The van der Waals surface area contributed by atoms with Gasteiger partial charge in [0, 0.05) is 4.88 Å². The first-order valence-corrected chi connectivity index (χ1v) is 7.79. The first kappa shape index (κ1) is 14.5. The molecule has 0 aliphatic carbocycles. The van der Waals surface area contributed by atoms with Crippen molar-refractivity contribution >= 4 is 17.4 Å². The topological polar surface area (TPSA) is 58.6 Å². The highest BCUT2D eigenvalue weighted by Crippen LogP contribution is 2.15. The van der Waals surface area contributed by atoms with Gasteiger partial charge in [-0.25, -0.2) is 4.79 Å². The molecule has 6 heteroatoms. The second kappa shape index (κ2) is 7.00. The summed E-state index contributed by atoms with van der Waals surface area (Å²) < 4.78 is 10.6. The lowest BCUT2D eigenvalue weighted by molar-refractivity contribution is 0.186. The van der Waals surface area contributed by atoms with Gasteiger partial charge in [-0.15, -0.1) is 11.3 Å². The summed E-state index contributed by atoms with van der Waals surface area (Å²) in [5.74, 6) is 1.48. The highest BCUT2D eigenvalue weighted by atomic mass is 32.1. The second-order valence-corrected chi connectivity index (χ2v) is 5.79. The number of nitrogens with one attached hydrogen (secondary N) is 1. The number of carbonyl (C=O) groups excluding carboxylic acids is 1. The molecule has 5 nitrogen and oxygen atoms in total. The Balaban J connectivity index is 1.64. The Morgan fingerprint density at radius 3 is 2.45 bits per heavy atom. The minimum Gasteiger partial charge on any atom is -0.467 e. The highest BCUT2D eigenvalue weighted by molar-refractivity contribution is 7.09. The number of nitrogens with zero attached hydrogens (tertiary/aromatic N) is 1. The number of carbonyl (C=O) groups is 1. The fourth-order valence-corrected chi connectivity index (χ4v) is 2.79. The molecule has 0 aromatic carbocycles. The predicted molar refractivity (Wildman–Crippen MR) is 83.2 cm³/mol. The summed E-state index contributed by atoms with van der Waals surface area (Å²) in [4.78, 5) is 15.3. The Labute approximate surface area is 132 Å². The number of rotatable bonds is 6. The molecular formula is C16H16N2O3S. The van der Waals surface area contributed by atoms with E-state index in [4.69, 9.17) is 8.83 Å². The number of hydrogen-bond donors (Lipinski definition) is 1. The van der Waals surface area contributed by atoms with Gasteiger partial charge in [0.05, 0.1) is 32.2 Å². The van der Waals surface area contributed by atoms with Gasteiger partial charge in [-0.3, -0.25) is 0 Å². The fourth-order valence-electron chi connectivity index (χ4n) is 2.07. The molecule has 0 atom stereocenters. The number of thiophene rings is 1. The molecule has 0 fully saturated rings. The molecule has 0 spiro atoms. The van der Waals surface area contributed by atoms with Gasteiger partial charge < -0.3 is 19.1 Å². The van der Waals surface area contributed by atoms with Crippen LogP contribution in [0.25, 0.3) is 0 Å². The highest BCUT2D eigenvalue weighted by Gasteiger charge is 2.16. The summed E-state index contributed by atoms with van der Waals surface area (Å²) in [6, 6.07) is 11.2. The molecule has 0 aliphatic heterocycles. The van der Waals surface area contributed by atoms with Crippen LogP contribution in [-0.2, 0) is 19.6 Å². The van der Waals surface area contributed by atoms with Crippen LogP contribution in [0.5, 0.6) is 0 Å². The van der Waals surface area contributed by atoms with Crippen molar-refractivity contribution in [3.05, 3.63) is 70.7 Å². The molecule has 3 rings (SSSR count). The minimum absolute atomic E-state index is 0.152. The number of hydrogen-bond acceptors (Lipinski definition) is 4. The smallest absolute Gasteiger partial charge is 0.318 e. The van der Waals surface area contributed by atoms with Crippen molar-refractivity contribution in [1.82, 2.24) is 10.2 Å². The predicted octanol–water partition coefficient (Wildman–Crippen LogP) is 3.85. The van der Waals surface area contributed by atoms with Crippen LogP contribution in [-0.4, -0.2) is 10.9 Å². The molecular weight excluding hydrogens is 300 g/mol. The summed E-state index contributed by atoms with van der Waals surface area (Å²) in [6.07, 6.45) is 3.20. The monoisotopic (exact) mass is 316 g/mol. The SMILES string of the molecule is O=C(NCc1ccco1)N(Cc1ccco1)Cc1cccs1. The molecule has 3 aromatic rings. The van der Waals surface area contributed by atoms with Gasteiger partial charge in [-0.1, -0.05) is 6.07 Å². The third kappa shape index (κ3) is 3.79. The first-order valence-electron chi connectivity index (χ1n) is 6.91. The van der Waals surface area contributed by atoms with E-state index in [9.17, 15) is 4.79 Å².